The highest BCUT2D eigenvalue weighted by atomic mass is 32.1. The zero-order valence-corrected chi connectivity index (χ0v) is 37.8. The number of benzene rings is 10. The predicted molar refractivity (Wildman–Crippen MR) is 284 cm³/mol. The van der Waals surface area contributed by atoms with E-state index in [1.807, 2.05) is 11.3 Å². The fraction of sp³-hybridized carbons (Fsp3) is 0.0476. The molecule has 0 fully saturated rings. The molecule has 0 bridgehead atoms. The van der Waals surface area contributed by atoms with Gasteiger partial charge in [-0.25, -0.2) is 0 Å². The van der Waals surface area contributed by atoms with Crippen molar-refractivity contribution >= 4 is 92.3 Å². The quantitative estimate of drug-likeness (QED) is 0.166. The summed E-state index contributed by atoms with van der Waals surface area (Å²) in [6.45, 7) is 4.73. The van der Waals surface area contributed by atoms with Crippen molar-refractivity contribution in [3.8, 4) is 39.1 Å². The highest BCUT2D eigenvalue weighted by Crippen LogP contribution is 2.53. The maximum atomic E-state index is 7.02. The number of para-hydroxylation sites is 4. The summed E-state index contributed by atoms with van der Waals surface area (Å²) in [7, 11) is 0. The van der Waals surface area contributed by atoms with E-state index in [0.29, 0.717) is 0 Å². The highest BCUT2D eigenvalue weighted by molar-refractivity contribution is 7.25. The van der Waals surface area contributed by atoms with Gasteiger partial charge in [-0.3, -0.25) is 0 Å². The Bertz CT molecular complexity index is 4090. The van der Waals surface area contributed by atoms with Gasteiger partial charge in [-0.05, 0) is 112 Å². The van der Waals surface area contributed by atoms with E-state index in [4.69, 9.17) is 4.42 Å². The number of thiophene rings is 1. The minimum absolute atomic E-state index is 0.132. The van der Waals surface area contributed by atoms with Crippen LogP contribution in [-0.2, 0) is 5.41 Å². The lowest BCUT2D eigenvalue weighted by atomic mass is 9.81. The largest absolute Gasteiger partial charge is 0.455 e. The monoisotopic (exact) mass is 874 g/mol. The fourth-order valence-corrected chi connectivity index (χ4v) is 12.4. The predicted octanol–water partition coefficient (Wildman–Crippen LogP) is 18.2. The van der Waals surface area contributed by atoms with Crippen LogP contribution in [0.2, 0.25) is 0 Å². The molecule has 0 saturated heterocycles. The van der Waals surface area contributed by atoms with E-state index in [1.165, 1.54) is 69.8 Å². The van der Waals surface area contributed by atoms with Gasteiger partial charge in [-0.15, -0.1) is 11.3 Å². The Morgan fingerprint density at radius 2 is 1.06 bits per heavy atom. The summed E-state index contributed by atoms with van der Waals surface area (Å²) in [5.41, 5.74) is 18.1. The number of hydrogen-bond donors (Lipinski definition) is 0. The summed E-state index contributed by atoms with van der Waals surface area (Å²) in [6, 6.07) is 80.2. The Hall–Kier alpha value is -8.18. The summed E-state index contributed by atoms with van der Waals surface area (Å²) < 4.78 is 12.0. The van der Waals surface area contributed by atoms with E-state index in [2.05, 4.69) is 242 Å². The van der Waals surface area contributed by atoms with Crippen LogP contribution in [0.4, 0.5) is 17.1 Å². The van der Waals surface area contributed by atoms with Crippen molar-refractivity contribution in [1.29, 1.82) is 0 Å². The number of nitrogens with zero attached hydrogens (tertiary/aromatic N) is 2. The molecule has 10 aromatic carbocycles. The van der Waals surface area contributed by atoms with Gasteiger partial charge in [0.25, 0.3) is 0 Å². The molecular formula is C63H42N2OS. The van der Waals surface area contributed by atoms with Crippen molar-refractivity contribution in [3.63, 3.8) is 0 Å². The lowest BCUT2D eigenvalue weighted by Crippen LogP contribution is -2.15. The van der Waals surface area contributed by atoms with Gasteiger partial charge in [0.15, 0.2) is 0 Å². The van der Waals surface area contributed by atoms with Gasteiger partial charge in [0.1, 0.15) is 11.2 Å². The van der Waals surface area contributed by atoms with Gasteiger partial charge in [0.05, 0.1) is 22.4 Å². The molecule has 3 aromatic heterocycles. The average Bonchev–Trinajstić information content (AvgIpc) is 4.11. The molecule has 0 radical (unpaired) electrons. The van der Waals surface area contributed by atoms with Gasteiger partial charge < -0.3 is 13.9 Å². The van der Waals surface area contributed by atoms with Crippen molar-refractivity contribution < 1.29 is 4.42 Å². The van der Waals surface area contributed by atoms with Crippen LogP contribution < -0.4 is 4.90 Å². The standard InChI is InChI=1S/C63H42N2OS/c1-63(2)52-21-9-3-16-44(52)45-33-29-40(37-53(45)63)43-15-4-10-22-54(43)65(42-32-36-60-51(38-42)49-20-8-14-26-59(49)67-60)57-35-34-50-48-19-7-13-25-58(48)66-62(50)61(57)39-27-30-41(31-28-39)64-55-23-11-5-17-46(55)47-18-6-12-24-56(47)64/h3-38H,1-2H3. The van der Waals surface area contributed by atoms with Crippen molar-refractivity contribution in [2.45, 2.75) is 19.3 Å². The normalized spacial score (nSPS) is 13.0. The molecule has 13 aromatic rings. The van der Waals surface area contributed by atoms with Gasteiger partial charge >= 0.3 is 0 Å². The molecule has 0 atom stereocenters. The van der Waals surface area contributed by atoms with E-state index in [-0.39, 0.29) is 5.41 Å². The third-order valence-corrected chi connectivity index (χ3v) is 15.6. The maximum absolute atomic E-state index is 7.02. The Morgan fingerprint density at radius 1 is 0.433 bits per heavy atom. The van der Waals surface area contributed by atoms with Gasteiger partial charge in [-0.1, -0.05) is 153 Å². The van der Waals surface area contributed by atoms with Gasteiger partial charge in [0, 0.05) is 69.6 Å². The molecule has 0 spiro atoms. The maximum Gasteiger partial charge on any atom is 0.145 e. The second-order valence-corrected chi connectivity index (χ2v) is 19.5. The number of fused-ring (bicyclic) bond motifs is 12. The van der Waals surface area contributed by atoms with Crippen LogP contribution in [0.5, 0.6) is 0 Å². The first kappa shape index (κ1) is 38.1. The molecule has 1 aliphatic carbocycles. The van der Waals surface area contributed by atoms with Crippen LogP contribution in [0, 0.1) is 0 Å². The molecular weight excluding hydrogens is 833 g/mol. The molecule has 0 aliphatic heterocycles. The molecule has 0 saturated carbocycles. The zero-order chi connectivity index (χ0) is 44.4. The summed E-state index contributed by atoms with van der Waals surface area (Å²) in [4.78, 5) is 2.48. The number of hydrogen-bond acceptors (Lipinski definition) is 3. The van der Waals surface area contributed by atoms with Crippen molar-refractivity contribution in [2.75, 3.05) is 4.90 Å². The fourth-order valence-electron chi connectivity index (χ4n) is 11.3. The van der Waals surface area contributed by atoms with Crippen LogP contribution in [0.3, 0.4) is 0 Å². The topological polar surface area (TPSA) is 21.3 Å². The third kappa shape index (κ3) is 5.63. The molecule has 0 N–H and O–H groups in total. The lowest BCUT2D eigenvalue weighted by Gasteiger charge is -2.30. The number of furan rings is 1. The molecule has 4 heteroatoms. The van der Waals surface area contributed by atoms with Crippen LogP contribution in [0.15, 0.2) is 223 Å². The molecule has 1 aliphatic rings. The summed E-state index contributed by atoms with van der Waals surface area (Å²) in [5.74, 6) is 0. The first-order chi connectivity index (χ1) is 33.0. The van der Waals surface area contributed by atoms with E-state index in [0.717, 1.165) is 61.4 Å². The van der Waals surface area contributed by atoms with Crippen LogP contribution in [0.25, 0.3) is 103 Å². The minimum atomic E-state index is -0.132. The second kappa shape index (κ2) is 14.4. The van der Waals surface area contributed by atoms with Crippen LogP contribution in [0.1, 0.15) is 25.0 Å². The molecule has 316 valence electrons. The smallest absolute Gasteiger partial charge is 0.145 e. The number of rotatable bonds is 6. The Kier molecular flexibility index (Phi) is 8.20. The van der Waals surface area contributed by atoms with E-state index in [9.17, 15) is 0 Å². The number of aromatic nitrogens is 1. The molecule has 67 heavy (non-hydrogen) atoms. The van der Waals surface area contributed by atoms with E-state index < -0.39 is 0 Å². The SMILES string of the molecule is CC1(C)c2ccccc2-c2ccc(-c3ccccc3N(c3ccc4sc5ccccc5c4c3)c3ccc4c(oc5ccccc54)c3-c3ccc(-n4c5ccccc5c5ccccc54)cc3)cc21. The summed E-state index contributed by atoms with van der Waals surface area (Å²) >= 11 is 1.85. The van der Waals surface area contributed by atoms with E-state index >= 15 is 0 Å². The average molecular weight is 875 g/mol. The molecule has 3 nitrogen and oxygen atoms in total. The van der Waals surface area contributed by atoms with E-state index in [1.54, 1.807) is 0 Å². The third-order valence-electron chi connectivity index (χ3n) is 14.4. The highest BCUT2D eigenvalue weighted by Gasteiger charge is 2.35. The second-order valence-electron chi connectivity index (χ2n) is 18.4. The Balaban J connectivity index is 1.03. The first-order valence-corrected chi connectivity index (χ1v) is 23.9. The van der Waals surface area contributed by atoms with Crippen molar-refractivity contribution in [1.82, 2.24) is 4.57 Å². The van der Waals surface area contributed by atoms with Crippen LogP contribution in [-0.4, -0.2) is 4.57 Å². The molecule has 0 unspecified atom stereocenters. The Morgan fingerprint density at radius 3 is 1.87 bits per heavy atom. The van der Waals surface area contributed by atoms with Gasteiger partial charge in [-0.2, -0.15) is 0 Å². The zero-order valence-electron chi connectivity index (χ0n) is 37.0. The van der Waals surface area contributed by atoms with Crippen LogP contribution >= 0.6 is 11.3 Å². The lowest BCUT2D eigenvalue weighted by molar-refractivity contribution is 0.660. The van der Waals surface area contributed by atoms with Crippen molar-refractivity contribution in [2.24, 2.45) is 0 Å². The molecule has 3 heterocycles. The van der Waals surface area contributed by atoms with Gasteiger partial charge in [0.2, 0.25) is 0 Å². The molecule has 14 rings (SSSR count). The summed E-state index contributed by atoms with van der Waals surface area (Å²) in [5, 5.41) is 7.21. The number of anilines is 3. The minimum Gasteiger partial charge on any atom is -0.455 e. The summed E-state index contributed by atoms with van der Waals surface area (Å²) in [6.07, 6.45) is 0. The Labute approximate surface area is 392 Å². The molecule has 0 amide bonds. The first-order valence-electron chi connectivity index (χ1n) is 23.1. The van der Waals surface area contributed by atoms with Crippen molar-refractivity contribution in [3.05, 3.63) is 230 Å².